The van der Waals surface area contributed by atoms with Crippen LogP contribution < -0.4 is 14.8 Å². The molecular weight excluding hydrogens is 396 g/mol. The summed E-state index contributed by atoms with van der Waals surface area (Å²) in [5, 5.41) is 2.87. The summed E-state index contributed by atoms with van der Waals surface area (Å²) in [6, 6.07) is 7.10. The molecule has 1 aliphatic rings. The van der Waals surface area contributed by atoms with Crippen molar-refractivity contribution >= 4 is 24.0 Å². The number of ether oxygens (including phenoxy) is 2. The minimum Gasteiger partial charge on any atom is -0.495 e. The van der Waals surface area contributed by atoms with E-state index in [4.69, 9.17) is 9.47 Å². The molecule has 8 heteroatoms. The third kappa shape index (κ3) is 6.40. The van der Waals surface area contributed by atoms with Crippen molar-refractivity contribution in [2.24, 2.45) is 0 Å². The summed E-state index contributed by atoms with van der Waals surface area (Å²) in [4.78, 5) is 34.9. The lowest BCUT2D eigenvalue weighted by molar-refractivity contribution is -0.127. The van der Waals surface area contributed by atoms with Crippen molar-refractivity contribution in [2.75, 3.05) is 27.3 Å². The zero-order valence-electron chi connectivity index (χ0n) is 17.7. The Balaban J connectivity index is 1.49. The van der Waals surface area contributed by atoms with Crippen molar-refractivity contribution in [1.82, 2.24) is 20.2 Å². The van der Waals surface area contributed by atoms with E-state index in [1.165, 1.54) is 12.2 Å². The second kappa shape index (κ2) is 10.9. The summed E-state index contributed by atoms with van der Waals surface area (Å²) in [5.74, 6) is 1.00. The van der Waals surface area contributed by atoms with Crippen LogP contribution in [0, 0.1) is 0 Å². The lowest BCUT2D eigenvalue weighted by Crippen LogP contribution is -2.42. The summed E-state index contributed by atoms with van der Waals surface area (Å²) in [7, 11) is 3.15. The lowest BCUT2D eigenvalue weighted by atomic mass is 10.2. The van der Waals surface area contributed by atoms with Crippen LogP contribution in [0.2, 0.25) is 0 Å². The molecule has 0 spiro atoms. The molecule has 2 amide bonds. The number of carbonyl (C=O) groups excluding carboxylic acids is 2. The topological polar surface area (TPSA) is 93.7 Å². The SMILES string of the molecule is COc1ccc(/C=C/C(=O)NC[C@H]2CCCN2C(=O)/C=C/c2ccc(OC)cn2)nc1. The largest absolute Gasteiger partial charge is 0.495 e. The molecular formula is C23H26N4O4. The number of likely N-dealkylation sites (tertiary alicyclic amines) is 1. The first-order valence-corrected chi connectivity index (χ1v) is 10.0. The number of pyridine rings is 2. The molecule has 31 heavy (non-hydrogen) atoms. The predicted molar refractivity (Wildman–Crippen MR) is 117 cm³/mol. The molecule has 8 nitrogen and oxygen atoms in total. The predicted octanol–water partition coefficient (Wildman–Crippen LogP) is 2.33. The molecule has 1 aliphatic heterocycles. The van der Waals surface area contributed by atoms with Gasteiger partial charge in [0, 0.05) is 31.3 Å². The van der Waals surface area contributed by atoms with Crippen molar-refractivity contribution in [3.8, 4) is 11.5 Å². The molecule has 0 unspecified atom stereocenters. The van der Waals surface area contributed by atoms with Gasteiger partial charge in [-0.3, -0.25) is 19.6 Å². The molecule has 162 valence electrons. The molecule has 2 aromatic heterocycles. The molecule has 3 rings (SSSR count). The van der Waals surface area contributed by atoms with Crippen molar-refractivity contribution in [1.29, 1.82) is 0 Å². The van der Waals surface area contributed by atoms with Crippen LogP contribution in [0.1, 0.15) is 24.2 Å². The first-order chi connectivity index (χ1) is 15.1. The minimum absolute atomic E-state index is 0.0301. The van der Waals surface area contributed by atoms with E-state index in [0.29, 0.717) is 36.0 Å². The highest BCUT2D eigenvalue weighted by atomic mass is 16.5. The number of amides is 2. The summed E-state index contributed by atoms with van der Waals surface area (Å²) in [6.07, 6.45) is 11.2. The van der Waals surface area contributed by atoms with Crippen LogP contribution in [0.3, 0.4) is 0 Å². The molecule has 1 N–H and O–H groups in total. The van der Waals surface area contributed by atoms with Gasteiger partial charge in [0.1, 0.15) is 11.5 Å². The number of rotatable bonds is 8. The van der Waals surface area contributed by atoms with E-state index in [1.807, 2.05) is 0 Å². The molecule has 1 saturated heterocycles. The van der Waals surface area contributed by atoms with E-state index in [2.05, 4.69) is 15.3 Å². The van der Waals surface area contributed by atoms with Crippen LogP contribution in [0.15, 0.2) is 48.8 Å². The first-order valence-electron chi connectivity index (χ1n) is 10.0. The van der Waals surface area contributed by atoms with Gasteiger partial charge in [0.2, 0.25) is 11.8 Å². The molecule has 0 aromatic carbocycles. The standard InChI is InChI=1S/C23H26N4O4/c1-30-20-9-5-17(24-15-20)7-11-22(28)26-14-19-4-3-13-27(19)23(29)12-8-18-6-10-21(31-2)16-25-18/h5-12,15-16,19H,3-4,13-14H2,1-2H3,(H,26,28)/b11-7+,12-8+/t19-/m1/s1. The summed E-state index contributed by atoms with van der Waals surface area (Å²) in [6.45, 7) is 1.07. The third-order valence-electron chi connectivity index (χ3n) is 4.96. The number of nitrogens with zero attached hydrogens (tertiary/aromatic N) is 3. The highest BCUT2D eigenvalue weighted by molar-refractivity contribution is 5.93. The maximum atomic E-state index is 12.6. The summed E-state index contributed by atoms with van der Waals surface area (Å²) >= 11 is 0. The molecule has 0 saturated carbocycles. The van der Waals surface area contributed by atoms with Gasteiger partial charge in [-0.15, -0.1) is 0 Å². The number of hydrogen-bond donors (Lipinski definition) is 1. The Hall–Kier alpha value is -3.68. The Morgan fingerprint density at radius 3 is 2.19 bits per heavy atom. The number of aromatic nitrogens is 2. The molecule has 1 atom stereocenters. The normalized spacial score (nSPS) is 16.1. The van der Waals surface area contributed by atoms with Gasteiger partial charge in [-0.05, 0) is 49.3 Å². The Labute approximate surface area is 181 Å². The zero-order chi connectivity index (χ0) is 22.1. The van der Waals surface area contributed by atoms with E-state index in [0.717, 1.165) is 12.8 Å². The number of carbonyl (C=O) groups is 2. The van der Waals surface area contributed by atoms with Gasteiger partial charge in [-0.25, -0.2) is 0 Å². The number of methoxy groups -OCH3 is 2. The molecule has 0 radical (unpaired) electrons. The average Bonchev–Trinajstić information content (AvgIpc) is 3.29. The fourth-order valence-electron chi connectivity index (χ4n) is 3.25. The van der Waals surface area contributed by atoms with Crippen LogP contribution >= 0.6 is 0 Å². The number of nitrogens with one attached hydrogen (secondary N) is 1. The monoisotopic (exact) mass is 422 g/mol. The van der Waals surface area contributed by atoms with Crippen molar-refractivity contribution in [3.05, 3.63) is 60.2 Å². The Morgan fingerprint density at radius 2 is 1.65 bits per heavy atom. The van der Waals surface area contributed by atoms with E-state index >= 15 is 0 Å². The van der Waals surface area contributed by atoms with Crippen molar-refractivity contribution < 1.29 is 19.1 Å². The third-order valence-corrected chi connectivity index (χ3v) is 4.96. The van der Waals surface area contributed by atoms with Crippen LogP contribution in [0.25, 0.3) is 12.2 Å². The van der Waals surface area contributed by atoms with Gasteiger partial charge in [0.25, 0.3) is 0 Å². The molecule has 0 aliphatic carbocycles. The maximum absolute atomic E-state index is 12.6. The van der Waals surface area contributed by atoms with Crippen LogP contribution in [0.5, 0.6) is 11.5 Å². The Bertz CT molecular complexity index is 939. The van der Waals surface area contributed by atoms with Gasteiger partial charge in [-0.2, -0.15) is 0 Å². The van der Waals surface area contributed by atoms with Gasteiger partial charge in [0.15, 0.2) is 0 Å². The fourth-order valence-corrected chi connectivity index (χ4v) is 3.25. The first kappa shape index (κ1) is 22.0. The average molecular weight is 422 g/mol. The van der Waals surface area contributed by atoms with Gasteiger partial charge in [-0.1, -0.05) is 0 Å². The summed E-state index contributed by atoms with van der Waals surface area (Å²) in [5.41, 5.74) is 1.33. The van der Waals surface area contributed by atoms with Crippen molar-refractivity contribution in [3.63, 3.8) is 0 Å². The Kier molecular flexibility index (Phi) is 7.75. The van der Waals surface area contributed by atoms with Crippen LogP contribution in [0.4, 0.5) is 0 Å². The van der Waals surface area contributed by atoms with Gasteiger partial charge < -0.3 is 19.7 Å². The highest BCUT2D eigenvalue weighted by Gasteiger charge is 2.27. The Morgan fingerprint density at radius 1 is 1.03 bits per heavy atom. The second-order valence-corrected chi connectivity index (χ2v) is 6.99. The van der Waals surface area contributed by atoms with Crippen LogP contribution in [-0.2, 0) is 9.59 Å². The zero-order valence-corrected chi connectivity index (χ0v) is 17.7. The quantitative estimate of drug-likeness (QED) is 0.657. The summed E-state index contributed by atoms with van der Waals surface area (Å²) < 4.78 is 10.1. The van der Waals surface area contributed by atoms with Gasteiger partial charge in [0.05, 0.1) is 38.0 Å². The smallest absolute Gasteiger partial charge is 0.246 e. The van der Waals surface area contributed by atoms with Gasteiger partial charge >= 0.3 is 0 Å². The molecule has 3 heterocycles. The van der Waals surface area contributed by atoms with E-state index < -0.39 is 0 Å². The van der Waals surface area contributed by atoms with Crippen LogP contribution in [-0.4, -0.2) is 60.0 Å². The van der Waals surface area contributed by atoms with E-state index in [1.54, 1.807) is 67.9 Å². The number of hydrogen-bond acceptors (Lipinski definition) is 6. The van der Waals surface area contributed by atoms with E-state index in [-0.39, 0.29) is 17.9 Å². The molecule has 0 bridgehead atoms. The molecule has 2 aromatic rings. The maximum Gasteiger partial charge on any atom is 0.246 e. The second-order valence-electron chi connectivity index (χ2n) is 6.99. The minimum atomic E-state index is -0.227. The highest BCUT2D eigenvalue weighted by Crippen LogP contribution is 2.18. The lowest BCUT2D eigenvalue weighted by Gasteiger charge is -2.23. The molecule has 1 fully saturated rings. The van der Waals surface area contributed by atoms with E-state index in [9.17, 15) is 9.59 Å². The fraction of sp³-hybridized carbons (Fsp3) is 0.304. The van der Waals surface area contributed by atoms with Crippen molar-refractivity contribution in [2.45, 2.75) is 18.9 Å².